The molecular weight excluding hydrogens is 244 g/mol. The zero-order valence-electron chi connectivity index (χ0n) is 10.9. The largest absolute Gasteiger partial charge is 0.370 e. The molecule has 98 valence electrons. The van der Waals surface area contributed by atoms with E-state index < -0.39 is 0 Å². The van der Waals surface area contributed by atoms with Crippen LogP contribution in [-0.2, 0) is 10.3 Å². The second-order valence-electron chi connectivity index (χ2n) is 5.56. The normalized spacial score (nSPS) is 22.9. The second kappa shape index (κ2) is 4.74. The van der Waals surface area contributed by atoms with Gasteiger partial charge in [0.1, 0.15) is 16.1 Å². The average Bonchev–Trinajstić information content (AvgIpc) is 3.23. The summed E-state index contributed by atoms with van der Waals surface area (Å²) >= 11 is 5.31. The third-order valence-corrected chi connectivity index (χ3v) is 4.47. The van der Waals surface area contributed by atoms with Crippen LogP contribution < -0.4 is 0 Å². The van der Waals surface area contributed by atoms with Gasteiger partial charge < -0.3 is 9.72 Å². The Labute approximate surface area is 113 Å². The van der Waals surface area contributed by atoms with Gasteiger partial charge in [-0.2, -0.15) is 0 Å². The third-order valence-electron chi connectivity index (χ3n) is 4.26. The first-order valence-corrected chi connectivity index (χ1v) is 7.31. The number of methoxy groups -OCH3 is 1. The molecule has 3 rings (SSSR count). The maximum atomic E-state index is 5.83. The molecule has 0 unspecified atom stereocenters. The fraction of sp³-hybridized carbons (Fsp3) is 0.714. The summed E-state index contributed by atoms with van der Waals surface area (Å²) in [6.07, 6.45) is 8.37. The number of rotatable bonds is 3. The summed E-state index contributed by atoms with van der Waals surface area (Å²) < 4.78 is 6.54. The summed E-state index contributed by atoms with van der Waals surface area (Å²) in [6, 6.07) is 2.02. The zero-order chi connectivity index (χ0) is 12.6. The van der Waals surface area contributed by atoms with Gasteiger partial charge in [0.25, 0.3) is 0 Å². The van der Waals surface area contributed by atoms with E-state index in [-0.39, 0.29) is 5.60 Å². The molecule has 2 fully saturated rings. The number of ether oxygens (including phenoxy) is 1. The van der Waals surface area contributed by atoms with Crippen LogP contribution in [-0.4, -0.2) is 17.1 Å². The molecule has 3 nitrogen and oxygen atoms in total. The standard InChI is InChI=1S/C14H20N2OS/c1-17-14(7-3-2-4-8-14)13-15-11(10-5-6-10)9-12(18)16-13/h9-10H,2-8H2,1H3,(H,15,16,18). The Balaban J connectivity index is 2.00. The van der Waals surface area contributed by atoms with E-state index in [4.69, 9.17) is 17.0 Å². The minimum atomic E-state index is -0.225. The van der Waals surface area contributed by atoms with E-state index in [1.165, 1.54) is 37.8 Å². The highest BCUT2D eigenvalue weighted by Crippen LogP contribution is 2.42. The van der Waals surface area contributed by atoms with Gasteiger partial charge in [-0.15, -0.1) is 0 Å². The molecule has 18 heavy (non-hydrogen) atoms. The minimum absolute atomic E-state index is 0.225. The van der Waals surface area contributed by atoms with Crippen molar-refractivity contribution in [3.63, 3.8) is 0 Å². The number of nitrogens with one attached hydrogen (secondary N) is 1. The van der Waals surface area contributed by atoms with Crippen LogP contribution in [0.25, 0.3) is 0 Å². The lowest BCUT2D eigenvalue weighted by Crippen LogP contribution is -2.33. The lowest BCUT2D eigenvalue weighted by atomic mass is 9.84. The lowest BCUT2D eigenvalue weighted by molar-refractivity contribution is -0.0517. The molecule has 2 aliphatic carbocycles. The van der Waals surface area contributed by atoms with Crippen LogP contribution in [0.1, 0.15) is 62.4 Å². The molecule has 0 spiro atoms. The molecule has 0 aliphatic heterocycles. The van der Waals surface area contributed by atoms with Crippen molar-refractivity contribution >= 4 is 12.2 Å². The van der Waals surface area contributed by atoms with Crippen molar-refractivity contribution in [3.05, 3.63) is 22.2 Å². The topological polar surface area (TPSA) is 37.9 Å². The van der Waals surface area contributed by atoms with E-state index in [0.29, 0.717) is 10.6 Å². The van der Waals surface area contributed by atoms with E-state index in [2.05, 4.69) is 9.97 Å². The SMILES string of the molecule is COC1(c2nc(=S)cc(C3CC3)[nH]2)CCCCC1. The molecule has 1 heterocycles. The lowest BCUT2D eigenvalue weighted by Gasteiger charge is -2.35. The predicted octanol–water partition coefficient (Wildman–Crippen LogP) is 3.82. The number of H-pyrrole nitrogens is 1. The van der Waals surface area contributed by atoms with Crippen molar-refractivity contribution in [2.45, 2.75) is 56.5 Å². The second-order valence-corrected chi connectivity index (χ2v) is 5.97. The van der Waals surface area contributed by atoms with Crippen LogP contribution in [0.2, 0.25) is 0 Å². The Morgan fingerprint density at radius 3 is 2.67 bits per heavy atom. The van der Waals surface area contributed by atoms with Gasteiger partial charge in [-0.3, -0.25) is 0 Å². The van der Waals surface area contributed by atoms with Crippen LogP contribution in [0.15, 0.2) is 6.07 Å². The van der Waals surface area contributed by atoms with Gasteiger partial charge in [0, 0.05) is 12.8 Å². The maximum Gasteiger partial charge on any atom is 0.140 e. The van der Waals surface area contributed by atoms with Gasteiger partial charge in [0.05, 0.1) is 0 Å². The van der Waals surface area contributed by atoms with E-state index in [0.717, 1.165) is 18.7 Å². The van der Waals surface area contributed by atoms with Gasteiger partial charge in [-0.25, -0.2) is 4.98 Å². The summed E-state index contributed by atoms with van der Waals surface area (Å²) in [5, 5.41) is 0. The molecule has 0 radical (unpaired) electrons. The first kappa shape index (κ1) is 12.3. The van der Waals surface area contributed by atoms with E-state index >= 15 is 0 Å². The summed E-state index contributed by atoms with van der Waals surface area (Å²) in [7, 11) is 1.80. The third kappa shape index (κ3) is 2.24. The van der Waals surface area contributed by atoms with Crippen LogP contribution in [0.4, 0.5) is 0 Å². The van der Waals surface area contributed by atoms with Crippen LogP contribution >= 0.6 is 12.2 Å². The van der Waals surface area contributed by atoms with Gasteiger partial charge >= 0.3 is 0 Å². The molecule has 0 amide bonds. The van der Waals surface area contributed by atoms with Crippen molar-refractivity contribution < 1.29 is 4.74 Å². The smallest absolute Gasteiger partial charge is 0.140 e. The predicted molar refractivity (Wildman–Crippen MR) is 73.2 cm³/mol. The minimum Gasteiger partial charge on any atom is -0.370 e. The fourth-order valence-corrected chi connectivity index (χ4v) is 3.19. The molecule has 2 saturated carbocycles. The molecular formula is C14H20N2OS. The number of aromatic nitrogens is 2. The Morgan fingerprint density at radius 2 is 2.06 bits per heavy atom. The van der Waals surface area contributed by atoms with Gasteiger partial charge in [-0.05, 0) is 37.7 Å². The first-order valence-electron chi connectivity index (χ1n) is 6.90. The fourth-order valence-electron chi connectivity index (χ4n) is 2.97. The summed E-state index contributed by atoms with van der Waals surface area (Å²) in [5.74, 6) is 1.63. The highest BCUT2D eigenvalue weighted by Gasteiger charge is 2.37. The highest BCUT2D eigenvalue weighted by molar-refractivity contribution is 7.71. The van der Waals surface area contributed by atoms with E-state index in [1.807, 2.05) is 6.07 Å². The summed E-state index contributed by atoms with van der Waals surface area (Å²) in [4.78, 5) is 8.05. The zero-order valence-corrected chi connectivity index (χ0v) is 11.7. The van der Waals surface area contributed by atoms with Crippen molar-refractivity contribution in [2.75, 3.05) is 7.11 Å². The van der Waals surface area contributed by atoms with Crippen molar-refractivity contribution in [2.24, 2.45) is 0 Å². The average molecular weight is 264 g/mol. The molecule has 0 bridgehead atoms. The number of hydrogen-bond donors (Lipinski definition) is 1. The van der Waals surface area contributed by atoms with E-state index in [1.54, 1.807) is 7.11 Å². The first-order chi connectivity index (χ1) is 8.73. The molecule has 1 aromatic heterocycles. The molecule has 1 N–H and O–H groups in total. The van der Waals surface area contributed by atoms with Gasteiger partial charge in [0.2, 0.25) is 0 Å². The molecule has 4 heteroatoms. The quantitative estimate of drug-likeness (QED) is 0.843. The van der Waals surface area contributed by atoms with E-state index in [9.17, 15) is 0 Å². The monoisotopic (exact) mass is 264 g/mol. The van der Waals surface area contributed by atoms with Crippen molar-refractivity contribution in [1.82, 2.24) is 9.97 Å². The molecule has 0 aromatic carbocycles. The molecule has 1 aromatic rings. The number of hydrogen-bond acceptors (Lipinski definition) is 3. The molecule has 0 saturated heterocycles. The van der Waals surface area contributed by atoms with Gasteiger partial charge in [0.15, 0.2) is 0 Å². The highest BCUT2D eigenvalue weighted by atomic mass is 32.1. The summed E-state index contributed by atoms with van der Waals surface area (Å²) in [5.41, 5.74) is 1.03. The van der Waals surface area contributed by atoms with Gasteiger partial charge in [-0.1, -0.05) is 31.5 Å². The number of nitrogens with zero attached hydrogens (tertiary/aromatic N) is 1. The van der Waals surface area contributed by atoms with Crippen LogP contribution in [0.3, 0.4) is 0 Å². The maximum absolute atomic E-state index is 5.83. The Bertz CT molecular complexity index is 487. The summed E-state index contributed by atoms with van der Waals surface area (Å²) in [6.45, 7) is 0. The Hall–Kier alpha value is -0.740. The Morgan fingerprint density at radius 1 is 1.33 bits per heavy atom. The van der Waals surface area contributed by atoms with Crippen molar-refractivity contribution in [3.8, 4) is 0 Å². The Kier molecular flexibility index (Phi) is 3.24. The van der Waals surface area contributed by atoms with Crippen molar-refractivity contribution in [1.29, 1.82) is 0 Å². The van der Waals surface area contributed by atoms with Crippen LogP contribution in [0, 0.1) is 4.64 Å². The number of aromatic amines is 1. The molecule has 2 aliphatic rings. The van der Waals surface area contributed by atoms with Crippen LogP contribution in [0.5, 0.6) is 0 Å². The molecule has 0 atom stereocenters.